The SMILES string of the molecule is Cc1ccc(NC(=O)C(OC(=O)CCOc2ccccc2)c2ccccc2)cc1. The summed E-state index contributed by atoms with van der Waals surface area (Å²) in [6, 6.07) is 25.6. The number of ether oxygens (including phenoxy) is 2. The second-order valence-electron chi connectivity index (χ2n) is 6.55. The molecular weight excluding hydrogens is 366 g/mol. The van der Waals surface area contributed by atoms with Crippen LogP contribution in [0.15, 0.2) is 84.9 Å². The van der Waals surface area contributed by atoms with Crippen LogP contribution in [-0.4, -0.2) is 18.5 Å². The number of aryl methyl sites for hydroxylation is 1. The van der Waals surface area contributed by atoms with Gasteiger partial charge in [-0.2, -0.15) is 0 Å². The number of hydrogen-bond acceptors (Lipinski definition) is 4. The Hall–Kier alpha value is -3.60. The van der Waals surface area contributed by atoms with Gasteiger partial charge in [-0.25, -0.2) is 0 Å². The van der Waals surface area contributed by atoms with Gasteiger partial charge in [0.15, 0.2) is 0 Å². The molecule has 5 heteroatoms. The molecule has 1 atom stereocenters. The van der Waals surface area contributed by atoms with Crippen LogP contribution in [0, 0.1) is 6.92 Å². The Morgan fingerprint density at radius 3 is 2.14 bits per heavy atom. The van der Waals surface area contributed by atoms with Crippen LogP contribution >= 0.6 is 0 Å². The maximum Gasteiger partial charge on any atom is 0.310 e. The van der Waals surface area contributed by atoms with E-state index >= 15 is 0 Å². The molecule has 1 unspecified atom stereocenters. The number of amides is 1. The predicted molar refractivity (Wildman–Crippen MR) is 112 cm³/mol. The first kappa shape index (κ1) is 20.1. The third-order valence-corrected chi connectivity index (χ3v) is 4.23. The summed E-state index contributed by atoms with van der Waals surface area (Å²) in [5, 5.41) is 2.81. The number of rotatable bonds is 8. The summed E-state index contributed by atoms with van der Waals surface area (Å²) >= 11 is 0. The van der Waals surface area contributed by atoms with E-state index < -0.39 is 18.0 Å². The number of carbonyl (C=O) groups is 2. The van der Waals surface area contributed by atoms with Crippen LogP contribution in [0.3, 0.4) is 0 Å². The van der Waals surface area contributed by atoms with Crippen molar-refractivity contribution in [2.24, 2.45) is 0 Å². The third-order valence-electron chi connectivity index (χ3n) is 4.23. The van der Waals surface area contributed by atoms with Crippen molar-refractivity contribution < 1.29 is 19.1 Å². The maximum atomic E-state index is 12.8. The summed E-state index contributed by atoms with van der Waals surface area (Å²) in [6.07, 6.45) is -1.00. The number of anilines is 1. The molecule has 0 bridgehead atoms. The number of benzene rings is 3. The maximum absolute atomic E-state index is 12.8. The lowest BCUT2D eigenvalue weighted by molar-refractivity contribution is -0.155. The van der Waals surface area contributed by atoms with Crippen LogP contribution in [-0.2, 0) is 14.3 Å². The first-order valence-corrected chi connectivity index (χ1v) is 9.41. The van der Waals surface area contributed by atoms with E-state index in [-0.39, 0.29) is 13.0 Å². The molecule has 0 heterocycles. The van der Waals surface area contributed by atoms with Gasteiger partial charge in [0.05, 0.1) is 13.0 Å². The van der Waals surface area contributed by atoms with Crippen molar-refractivity contribution in [1.82, 2.24) is 0 Å². The van der Waals surface area contributed by atoms with Crippen molar-refractivity contribution in [3.63, 3.8) is 0 Å². The highest BCUT2D eigenvalue weighted by Crippen LogP contribution is 2.21. The summed E-state index contributed by atoms with van der Waals surface area (Å²) in [7, 11) is 0. The van der Waals surface area contributed by atoms with Crippen LogP contribution in [0.5, 0.6) is 5.75 Å². The lowest BCUT2D eigenvalue weighted by Gasteiger charge is -2.18. The Morgan fingerprint density at radius 1 is 0.862 bits per heavy atom. The lowest BCUT2D eigenvalue weighted by Crippen LogP contribution is -2.26. The van der Waals surface area contributed by atoms with Crippen molar-refractivity contribution in [3.05, 3.63) is 96.1 Å². The summed E-state index contributed by atoms with van der Waals surface area (Å²) in [5.74, 6) is -0.233. The molecular formula is C24H23NO4. The average molecular weight is 389 g/mol. The van der Waals surface area contributed by atoms with Gasteiger partial charge in [0.2, 0.25) is 6.10 Å². The second-order valence-corrected chi connectivity index (χ2v) is 6.55. The van der Waals surface area contributed by atoms with E-state index in [1.54, 1.807) is 24.3 Å². The van der Waals surface area contributed by atoms with Crippen molar-refractivity contribution in [3.8, 4) is 5.75 Å². The molecule has 0 fully saturated rings. The molecule has 1 amide bonds. The van der Waals surface area contributed by atoms with Crippen LogP contribution < -0.4 is 10.1 Å². The van der Waals surface area contributed by atoms with Crippen molar-refractivity contribution in [1.29, 1.82) is 0 Å². The zero-order chi connectivity index (χ0) is 20.5. The van der Waals surface area contributed by atoms with Crippen molar-refractivity contribution >= 4 is 17.6 Å². The van der Waals surface area contributed by atoms with Crippen LogP contribution in [0.4, 0.5) is 5.69 Å². The van der Waals surface area contributed by atoms with Crippen LogP contribution in [0.25, 0.3) is 0 Å². The van der Waals surface area contributed by atoms with E-state index in [1.807, 2.05) is 67.6 Å². The minimum absolute atomic E-state index is 0.0377. The Balaban J connectivity index is 1.63. The predicted octanol–water partition coefficient (Wildman–Crippen LogP) is 4.69. The Morgan fingerprint density at radius 2 is 1.48 bits per heavy atom. The number of esters is 1. The molecule has 0 aliphatic carbocycles. The molecule has 0 radical (unpaired) electrons. The Kier molecular flexibility index (Phi) is 7.00. The molecule has 1 N–H and O–H groups in total. The average Bonchev–Trinajstić information content (AvgIpc) is 2.75. The first-order chi connectivity index (χ1) is 14.1. The molecule has 0 aliphatic rings. The third kappa shape index (κ3) is 6.21. The number of nitrogens with one attached hydrogen (secondary N) is 1. The van der Waals surface area contributed by atoms with E-state index in [1.165, 1.54) is 0 Å². The van der Waals surface area contributed by atoms with Gasteiger partial charge < -0.3 is 14.8 Å². The largest absolute Gasteiger partial charge is 0.493 e. The van der Waals surface area contributed by atoms with Gasteiger partial charge in [-0.1, -0.05) is 66.2 Å². The molecule has 3 aromatic rings. The highest BCUT2D eigenvalue weighted by atomic mass is 16.6. The highest BCUT2D eigenvalue weighted by molar-refractivity contribution is 5.96. The standard InChI is InChI=1S/C24H23NO4/c1-18-12-14-20(15-13-18)25-24(27)23(19-8-4-2-5-9-19)29-22(26)16-17-28-21-10-6-3-7-11-21/h2-15,23H,16-17H2,1H3,(H,25,27). The van der Waals surface area contributed by atoms with Gasteiger partial charge in [0.1, 0.15) is 5.75 Å². The van der Waals surface area contributed by atoms with Crippen LogP contribution in [0.2, 0.25) is 0 Å². The Bertz CT molecular complexity index is 924. The monoisotopic (exact) mass is 389 g/mol. The van der Waals surface area contributed by atoms with E-state index in [0.29, 0.717) is 17.0 Å². The number of para-hydroxylation sites is 1. The lowest BCUT2D eigenvalue weighted by atomic mass is 10.1. The zero-order valence-corrected chi connectivity index (χ0v) is 16.2. The molecule has 0 saturated carbocycles. The van der Waals surface area contributed by atoms with Gasteiger partial charge in [-0.3, -0.25) is 9.59 Å². The smallest absolute Gasteiger partial charge is 0.310 e. The summed E-state index contributed by atoms with van der Waals surface area (Å²) < 4.78 is 11.0. The normalized spacial score (nSPS) is 11.3. The molecule has 148 valence electrons. The highest BCUT2D eigenvalue weighted by Gasteiger charge is 2.25. The van der Waals surface area contributed by atoms with E-state index in [2.05, 4.69) is 5.32 Å². The molecule has 0 saturated heterocycles. The minimum Gasteiger partial charge on any atom is -0.493 e. The summed E-state index contributed by atoms with van der Waals surface area (Å²) in [5.41, 5.74) is 2.34. The minimum atomic E-state index is -1.04. The zero-order valence-electron chi connectivity index (χ0n) is 16.2. The number of hydrogen-bond donors (Lipinski definition) is 1. The number of carbonyl (C=O) groups excluding carboxylic acids is 2. The summed E-state index contributed by atoms with van der Waals surface area (Å²) in [4.78, 5) is 25.1. The fourth-order valence-electron chi connectivity index (χ4n) is 2.70. The van der Waals surface area contributed by atoms with E-state index in [4.69, 9.17) is 9.47 Å². The van der Waals surface area contributed by atoms with Gasteiger partial charge in [0, 0.05) is 11.3 Å². The Labute approximate surface area is 170 Å². The second kappa shape index (κ2) is 10.1. The molecule has 0 aliphatic heterocycles. The van der Waals surface area contributed by atoms with E-state index in [0.717, 1.165) is 5.56 Å². The summed E-state index contributed by atoms with van der Waals surface area (Å²) in [6.45, 7) is 2.14. The van der Waals surface area contributed by atoms with Gasteiger partial charge in [-0.15, -0.1) is 0 Å². The van der Waals surface area contributed by atoms with Crippen molar-refractivity contribution in [2.75, 3.05) is 11.9 Å². The molecule has 5 nitrogen and oxygen atoms in total. The van der Waals surface area contributed by atoms with Gasteiger partial charge >= 0.3 is 5.97 Å². The fraction of sp³-hybridized carbons (Fsp3) is 0.167. The van der Waals surface area contributed by atoms with Crippen LogP contribution in [0.1, 0.15) is 23.7 Å². The van der Waals surface area contributed by atoms with E-state index in [9.17, 15) is 9.59 Å². The topological polar surface area (TPSA) is 64.6 Å². The molecule has 3 rings (SSSR count). The van der Waals surface area contributed by atoms with Crippen molar-refractivity contribution in [2.45, 2.75) is 19.4 Å². The van der Waals surface area contributed by atoms with Gasteiger partial charge in [-0.05, 0) is 31.2 Å². The molecule has 0 aromatic heterocycles. The molecule has 0 spiro atoms. The molecule has 29 heavy (non-hydrogen) atoms. The molecule has 3 aromatic carbocycles. The quantitative estimate of drug-likeness (QED) is 0.568. The fourth-order valence-corrected chi connectivity index (χ4v) is 2.70. The van der Waals surface area contributed by atoms with Gasteiger partial charge in [0.25, 0.3) is 5.91 Å². The first-order valence-electron chi connectivity index (χ1n) is 9.41.